The molecule has 1 aliphatic rings. The maximum absolute atomic E-state index is 11.8. The molecule has 2 rings (SSSR count). The fourth-order valence-electron chi connectivity index (χ4n) is 1.98. The van der Waals surface area contributed by atoms with Crippen molar-refractivity contribution in [3.63, 3.8) is 0 Å². The van der Waals surface area contributed by atoms with Gasteiger partial charge in [-0.15, -0.1) is 6.58 Å². The van der Waals surface area contributed by atoms with E-state index in [1.165, 1.54) is 4.31 Å². The molecule has 0 saturated carbocycles. The molecular weight excluding hydrogens is 264 g/mol. The topological polar surface area (TPSA) is 66.5 Å². The van der Waals surface area contributed by atoms with Gasteiger partial charge in [-0.2, -0.15) is 0 Å². The molecule has 0 aromatic heterocycles. The normalized spacial score (nSPS) is 17.2. The average Bonchev–Trinajstić information content (AvgIpc) is 2.76. The summed E-state index contributed by atoms with van der Waals surface area (Å²) in [4.78, 5) is 11.7. The Balaban J connectivity index is 2.15. The van der Waals surface area contributed by atoms with E-state index in [1.807, 2.05) is 0 Å². The molecule has 19 heavy (non-hydrogen) atoms. The van der Waals surface area contributed by atoms with Gasteiger partial charge in [-0.05, 0) is 30.7 Å². The fraction of sp³-hybridized carbons (Fsp3) is 0.308. The number of hydrogen-bond donors (Lipinski definition) is 1. The third-order valence-corrected chi connectivity index (χ3v) is 4.79. The van der Waals surface area contributed by atoms with Crippen LogP contribution in [0, 0.1) is 0 Å². The summed E-state index contributed by atoms with van der Waals surface area (Å²) in [5.74, 6) is -0.00934. The highest BCUT2D eigenvalue weighted by Crippen LogP contribution is 2.24. The van der Waals surface area contributed by atoms with Crippen molar-refractivity contribution in [1.82, 2.24) is 5.32 Å². The summed E-state index contributed by atoms with van der Waals surface area (Å²) in [6.07, 6.45) is 2.24. The number of rotatable bonds is 4. The van der Waals surface area contributed by atoms with E-state index in [1.54, 1.807) is 30.3 Å². The Morgan fingerprint density at radius 1 is 1.37 bits per heavy atom. The number of benzene rings is 1. The van der Waals surface area contributed by atoms with E-state index in [0.717, 1.165) is 0 Å². The zero-order valence-corrected chi connectivity index (χ0v) is 11.3. The zero-order valence-electron chi connectivity index (χ0n) is 10.5. The summed E-state index contributed by atoms with van der Waals surface area (Å²) in [5, 5.41) is 2.67. The second-order valence-corrected chi connectivity index (χ2v) is 6.30. The van der Waals surface area contributed by atoms with Gasteiger partial charge in [0.1, 0.15) is 0 Å². The molecule has 1 aliphatic heterocycles. The standard InChI is InChI=1S/C13H16N2O3S/c1-2-8-14-13(16)11-4-6-12(7-5-11)15-9-3-10-19(15,17)18/h2,4-7H,1,3,8-10H2,(H,14,16). The smallest absolute Gasteiger partial charge is 0.251 e. The van der Waals surface area contributed by atoms with Crippen molar-refractivity contribution in [2.24, 2.45) is 0 Å². The van der Waals surface area contributed by atoms with Crippen LogP contribution >= 0.6 is 0 Å². The Morgan fingerprint density at radius 3 is 2.58 bits per heavy atom. The van der Waals surface area contributed by atoms with E-state index in [2.05, 4.69) is 11.9 Å². The van der Waals surface area contributed by atoms with Crippen molar-refractivity contribution in [3.8, 4) is 0 Å². The summed E-state index contributed by atoms with van der Waals surface area (Å²) in [7, 11) is -3.17. The molecule has 1 aromatic carbocycles. The van der Waals surface area contributed by atoms with Crippen LogP contribution in [0.15, 0.2) is 36.9 Å². The molecule has 1 heterocycles. The molecular formula is C13H16N2O3S. The van der Waals surface area contributed by atoms with E-state index in [4.69, 9.17) is 0 Å². The predicted octanol–water partition coefficient (Wildman–Crippen LogP) is 1.14. The second-order valence-electron chi connectivity index (χ2n) is 4.29. The Morgan fingerprint density at radius 2 is 2.05 bits per heavy atom. The Labute approximate surface area is 113 Å². The lowest BCUT2D eigenvalue weighted by Gasteiger charge is -2.16. The van der Waals surface area contributed by atoms with Gasteiger partial charge in [0.05, 0.1) is 11.4 Å². The molecule has 1 fully saturated rings. The van der Waals surface area contributed by atoms with E-state index in [0.29, 0.717) is 30.8 Å². The van der Waals surface area contributed by atoms with Crippen LogP contribution in [0.25, 0.3) is 0 Å². The van der Waals surface area contributed by atoms with Crippen LogP contribution in [0.2, 0.25) is 0 Å². The zero-order chi connectivity index (χ0) is 13.9. The van der Waals surface area contributed by atoms with Gasteiger partial charge in [-0.1, -0.05) is 6.08 Å². The average molecular weight is 280 g/mol. The summed E-state index contributed by atoms with van der Waals surface area (Å²) in [5.41, 5.74) is 1.11. The van der Waals surface area contributed by atoms with Crippen LogP contribution in [-0.2, 0) is 10.0 Å². The predicted molar refractivity (Wildman–Crippen MR) is 74.7 cm³/mol. The number of amides is 1. The number of anilines is 1. The monoisotopic (exact) mass is 280 g/mol. The van der Waals surface area contributed by atoms with Crippen molar-refractivity contribution in [2.75, 3.05) is 23.1 Å². The molecule has 5 nitrogen and oxygen atoms in total. The second kappa shape index (κ2) is 5.44. The van der Waals surface area contributed by atoms with Gasteiger partial charge in [-0.25, -0.2) is 8.42 Å². The van der Waals surface area contributed by atoms with Crippen molar-refractivity contribution in [3.05, 3.63) is 42.5 Å². The van der Waals surface area contributed by atoms with E-state index in [-0.39, 0.29) is 11.7 Å². The molecule has 0 aliphatic carbocycles. The molecule has 0 radical (unpaired) electrons. The molecule has 1 saturated heterocycles. The number of sulfonamides is 1. The van der Waals surface area contributed by atoms with E-state index < -0.39 is 10.0 Å². The Kier molecular flexibility index (Phi) is 3.90. The first-order chi connectivity index (χ1) is 9.04. The fourth-order valence-corrected chi connectivity index (χ4v) is 3.54. The molecule has 0 bridgehead atoms. The van der Waals surface area contributed by atoms with Crippen molar-refractivity contribution >= 4 is 21.6 Å². The highest BCUT2D eigenvalue weighted by molar-refractivity contribution is 7.93. The van der Waals surface area contributed by atoms with Crippen LogP contribution in [0.5, 0.6) is 0 Å². The third-order valence-electron chi connectivity index (χ3n) is 2.92. The van der Waals surface area contributed by atoms with Crippen molar-refractivity contribution in [2.45, 2.75) is 6.42 Å². The van der Waals surface area contributed by atoms with Crippen molar-refractivity contribution in [1.29, 1.82) is 0 Å². The molecule has 1 aromatic rings. The van der Waals surface area contributed by atoms with Gasteiger partial charge in [0.15, 0.2) is 0 Å². The largest absolute Gasteiger partial charge is 0.349 e. The summed E-state index contributed by atoms with van der Waals surface area (Å²) in [6, 6.07) is 6.57. The minimum Gasteiger partial charge on any atom is -0.349 e. The maximum Gasteiger partial charge on any atom is 0.251 e. The Bertz CT molecular complexity index is 578. The van der Waals surface area contributed by atoms with Crippen LogP contribution in [0.3, 0.4) is 0 Å². The minimum absolute atomic E-state index is 0.189. The quantitative estimate of drug-likeness (QED) is 0.841. The molecule has 1 amide bonds. The highest BCUT2D eigenvalue weighted by Gasteiger charge is 2.28. The number of carbonyl (C=O) groups is 1. The SMILES string of the molecule is C=CCNC(=O)c1ccc(N2CCCS2(=O)=O)cc1. The molecule has 1 N–H and O–H groups in total. The number of carbonyl (C=O) groups excluding carboxylic acids is 1. The Hall–Kier alpha value is -1.82. The van der Waals surface area contributed by atoms with Gasteiger partial charge in [0.25, 0.3) is 5.91 Å². The maximum atomic E-state index is 11.8. The molecule has 0 spiro atoms. The minimum atomic E-state index is -3.17. The molecule has 0 unspecified atom stereocenters. The van der Waals surface area contributed by atoms with Gasteiger partial charge in [0, 0.05) is 18.7 Å². The summed E-state index contributed by atoms with van der Waals surface area (Å²) < 4.78 is 24.9. The number of nitrogens with zero attached hydrogens (tertiary/aromatic N) is 1. The molecule has 0 atom stereocenters. The van der Waals surface area contributed by atoms with E-state index >= 15 is 0 Å². The lowest BCUT2D eigenvalue weighted by molar-refractivity contribution is 0.0958. The van der Waals surface area contributed by atoms with Gasteiger partial charge in [0.2, 0.25) is 10.0 Å². The number of nitrogens with one attached hydrogen (secondary N) is 1. The lowest BCUT2D eigenvalue weighted by Crippen LogP contribution is -2.25. The lowest BCUT2D eigenvalue weighted by atomic mass is 10.2. The highest BCUT2D eigenvalue weighted by atomic mass is 32.2. The first-order valence-corrected chi connectivity index (χ1v) is 7.65. The summed E-state index contributed by atoms with van der Waals surface area (Å²) in [6.45, 7) is 4.43. The van der Waals surface area contributed by atoms with Crippen LogP contribution in [-0.4, -0.2) is 33.2 Å². The molecule has 102 valence electrons. The first-order valence-electron chi connectivity index (χ1n) is 6.04. The van der Waals surface area contributed by atoms with Crippen LogP contribution in [0.4, 0.5) is 5.69 Å². The summed E-state index contributed by atoms with van der Waals surface area (Å²) >= 11 is 0. The van der Waals surface area contributed by atoms with Crippen LogP contribution in [0.1, 0.15) is 16.8 Å². The molecule has 6 heteroatoms. The number of hydrogen-bond acceptors (Lipinski definition) is 3. The third kappa shape index (κ3) is 2.96. The van der Waals surface area contributed by atoms with Crippen LogP contribution < -0.4 is 9.62 Å². The van der Waals surface area contributed by atoms with Gasteiger partial charge in [-0.3, -0.25) is 9.10 Å². The van der Waals surface area contributed by atoms with Crippen molar-refractivity contribution < 1.29 is 13.2 Å². The van der Waals surface area contributed by atoms with Gasteiger partial charge < -0.3 is 5.32 Å². The first kappa shape index (κ1) is 13.6. The van der Waals surface area contributed by atoms with Gasteiger partial charge >= 0.3 is 0 Å². The van der Waals surface area contributed by atoms with E-state index in [9.17, 15) is 13.2 Å².